The summed E-state index contributed by atoms with van der Waals surface area (Å²) in [5, 5.41) is 42.1. The molecule has 1 saturated carbocycles. The zero-order valence-corrected chi connectivity index (χ0v) is 23.7. The van der Waals surface area contributed by atoms with Crippen LogP contribution in [0.4, 0.5) is 0 Å². The van der Waals surface area contributed by atoms with E-state index in [9.17, 15) is 20.1 Å². The smallest absolute Gasteiger partial charge is 0.220 e. The van der Waals surface area contributed by atoms with Gasteiger partial charge in [0.15, 0.2) is 12.6 Å². The third-order valence-corrected chi connectivity index (χ3v) is 7.63. The average Bonchev–Trinajstić information content (AvgIpc) is 2.91. The normalized spacial score (nSPS) is 38.4. The summed E-state index contributed by atoms with van der Waals surface area (Å²) in [6.07, 6.45) is -1.12. The number of carbonyl (C=O) groups excluding carboxylic acids is 1. The first kappa shape index (κ1) is 33.1. The number of nitrogens with two attached hydrogens (primary N) is 3. The van der Waals surface area contributed by atoms with E-state index in [0.717, 1.165) is 25.1 Å². The molecule has 14 nitrogen and oxygen atoms in total. The molecule has 14 heteroatoms. The molecular weight excluding hydrogens is 524 g/mol. The lowest BCUT2D eigenvalue weighted by molar-refractivity contribution is -0.303. The molecule has 2 heterocycles. The first-order valence-corrected chi connectivity index (χ1v) is 14.3. The van der Waals surface area contributed by atoms with E-state index in [-0.39, 0.29) is 25.4 Å². The van der Waals surface area contributed by atoms with Crippen molar-refractivity contribution in [1.82, 2.24) is 16.0 Å². The molecule has 1 amide bonds. The number of aliphatic hydroxyl groups excluding tert-OH is 2. The first-order chi connectivity index (χ1) is 19.1. The van der Waals surface area contributed by atoms with Crippen molar-refractivity contribution in [3.8, 4) is 0 Å². The number of rotatable bonds is 14. The number of likely N-dealkylation sites (N-methyl/N-ethyl adjacent to an activating group) is 1. The lowest BCUT2D eigenvalue weighted by Crippen LogP contribution is -2.69. The van der Waals surface area contributed by atoms with Crippen LogP contribution in [0.25, 0.3) is 0 Å². The Balaban J connectivity index is 1.71. The lowest BCUT2D eigenvalue weighted by atomic mass is 9.83. The van der Waals surface area contributed by atoms with Gasteiger partial charge < -0.3 is 67.4 Å². The molecule has 2 aliphatic heterocycles. The standard InChI is InChI=1S/C26H50N6O8/c1-26(36)14-37-25(21(35)24(26)30-2)40-23-17(32-18(33)7-4-9-27)12-16(29)22(20(23)34)39-19-8-3-6-15(38-19)13-31-11-5-10-28/h6,16-17,19-25,30-31,34-36H,3-5,7-14,27-29H2,1-2H3,(H,32,33)/t16-,17+,19+,20-,21+,22+,23-,24+,25+,26-/m0/s1. The summed E-state index contributed by atoms with van der Waals surface area (Å²) in [6.45, 7) is 3.71. The SMILES string of the molecule is CN[C@@H]1[C@@H](O)[C@@H](O[C@@H]2[C@@H](O)[C@H](O[C@@H]3CCC=C(CNCCCN)O3)[C@@H](N)C[C@H]2NC(=O)CCCN)OC[C@]1(C)O. The number of hydrogen-bond acceptors (Lipinski definition) is 13. The highest BCUT2D eigenvalue weighted by Gasteiger charge is 2.51. The minimum Gasteiger partial charge on any atom is -0.468 e. The lowest BCUT2D eigenvalue weighted by Gasteiger charge is -2.48. The van der Waals surface area contributed by atoms with E-state index in [4.69, 9.17) is 36.1 Å². The zero-order valence-electron chi connectivity index (χ0n) is 23.7. The highest BCUT2D eigenvalue weighted by atomic mass is 16.7. The van der Waals surface area contributed by atoms with Gasteiger partial charge in [-0.3, -0.25) is 4.79 Å². The van der Waals surface area contributed by atoms with E-state index in [1.165, 1.54) is 0 Å². The van der Waals surface area contributed by atoms with Crippen LogP contribution in [-0.4, -0.2) is 122 Å². The predicted octanol–water partition coefficient (Wildman–Crippen LogP) is -2.91. The van der Waals surface area contributed by atoms with E-state index < -0.39 is 60.7 Å². The van der Waals surface area contributed by atoms with Crippen LogP contribution in [0.5, 0.6) is 0 Å². The van der Waals surface area contributed by atoms with E-state index >= 15 is 0 Å². The van der Waals surface area contributed by atoms with Gasteiger partial charge in [-0.25, -0.2) is 0 Å². The van der Waals surface area contributed by atoms with Crippen LogP contribution in [0.2, 0.25) is 0 Å². The van der Waals surface area contributed by atoms with Crippen molar-refractivity contribution in [3.63, 3.8) is 0 Å². The van der Waals surface area contributed by atoms with Crippen molar-refractivity contribution in [2.24, 2.45) is 17.2 Å². The number of carbonyl (C=O) groups is 1. The Morgan fingerprint density at radius 3 is 2.62 bits per heavy atom. The molecule has 10 atom stereocenters. The summed E-state index contributed by atoms with van der Waals surface area (Å²) in [6, 6.07) is -2.08. The minimum atomic E-state index is -1.34. The van der Waals surface area contributed by atoms with Crippen molar-refractivity contribution in [1.29, 1.82) is 0 Å². The summed E-state index contributed by atoms with van der Waals surface area (Å²) in [5.74, 6) is 0.491. The molecule has 3 aliphatic rings. The Kier molecular flexibility index (Phi) is 13.0. The molecule has 0 aromatic carbocycles. The molecule has 0 aromatic rings. The number of hydrogen-bond donors (Lipinski definition) is 9. The maximum atomic E-state index is 12.6. The maximum Gasteiger partial charge on any atom is 0.220 e. The van der Waals surface area contributed by atoms with Crippen LogP contribution >= 0.6 is 0 Å². The molecule has 0 aromatic heterocycles. The van der Waals surface area contributed by atoms with E-state index in [0.29, 0.717) is 32.5 Å². The van der Waals surface area contributed by atoms with Gasteiger partial charge in [0.05, 0.1) is 25.2 Å². The largest absolute Gasteiger partial charge is 0.468 e. The van der Waals surface area contributed by atoms with Gasteiger partial charge in [0.2, 0.25) is 5.91 Å². The van der Waals surface area contributed by atoms with Gasteiger partial charge >= 0.3 is 0 Å². The third-order valence-electron chi connectivity index (χ3n) is 7.63. The summed E-state index contributed by atoms with van der Waals surface area (Å²) in [7, 11) is 1.62. The second-order valence-electron chi connectivity index (χ2n) is 11.1. The third kappa shape index (κ3) is 8.79. The van der Waals surface area contributed by atoms with Crippen LogP contribution in [-0.2, 0) is 23.7 Å². The highest BCUT2D eigenvalue weighted by molar-refractivity contribution is 5.76. The second-order valence-corrected chi connectivity index (χ2v) is 11.1. The van der Waals surface area contributed by atoms with Crippen LogP contribution in [0.3, 0.4) is 0 Å². The van der Waals surface area contributed by atoms with E-state index in [2.05, 4.69) is 16.0 Å². The molecule has 2 fully saturated rings. The van der Waals surface area contributed by atoms with Crippen LogP contribution in [0.1, 0.15) is 45.4 Å². The molecule has 232 valence electrons. The van der Waals surface area contributed by atoms with Gasteiger partial charge in [-0.1, -0.05) is 0 Å². The topological polar surface area (TPSA) is 229 Å². The molecule has 1 aliphatic carbocycles. The Bertz CT molecular complexity index is 820. The number of allylic oxidation sites excluding steroid dienone is 1. The monoisotopic (exact) mass is 574 g/mol. The predicted molar refractivity (Wildman–Crippen MR) is 147 cm³/mol. The van der Waals surface area contributed by atoms with Crippen LogP contribution < -0.4 is 33.2 Å². The average molecular weight is 575 g/mol. The highest BCUT2D eigenvalue weighted by Crippen LogP contribution is 2.32. The molecular formula is C26H50N6O8. The van der Waals surface area contributed by atoms with Crippen molar-refractivity contribution >= 4 is 5.91 Å². The molecule has 40 heavy (non-hydrogen) atoms. The molecule has 1 saturated heterocycles. The second kappa shape index (κ2) is 15.7. The van der Waals surface area contributed by atoms with E-state index in [1.807, 2.05) is 6.08 Å². The Morgan fingerprint density at radius 1 is 1.18 bits per heavy atom. The van der Waals surface area contributed by atoms with Gasteiger partial charge in [-0.2, -0.15) is 0 Å². The molecule has 0 bridgehead atoms. The molecule has 0 radical (unpaired) electrons. The van der Waals surface area contributed by atoms with Crippen LogP contribution in [0, 0.1) is 0 Å². The molecule has 12 N–H and O–H groups in total. The Morgan fingerprint density at radius 2 is 1.93 bits per heavy atom. The summed E-state index contributed by atoms with van der Waals surface area (Å²) >= 11 is 0. The summed E-state index contributed by atoms with van der Waals surface area (Å²) < 4.78 is 24.0. The molecule has 0 spiro atoms. The number of nitrogens with one attached hydrogen (secondary N) is 3. The molecule has 3 rings (SSSR count). The first-order valence-electron chi connectivity index (χ1n) is 14.3. The van der Waals surface area contributed by atoms with Gasteiger partial charge in [0.25, 0.3) is 0 Å². The Hall–Kier alpha value is -1.43. The van der Waals surface area contributed by atoms with Gasteiger partial charge in [-0.05, 0) is 65.4 Å². The summed E-state index contributed by atoms with van der Waals surface area (Å²) in [4.78, 5) is 12.6. The quantitative estimate of drug-likeness (QED) is 0.0949. The van der Waals surface area contributed by atoms with Gasteiger partial charge in [0, 0.05) is 18.9 Å². The van der Waals surface area contributed by atoms with Crippen molar-refractivity contribution < 1.29 is 39.1 Å². The summed E-state index contributed by atoms with van der Waals surface area (Å²) in [5.41, 5.74) is 16.2. The minimum absolute atomic E-state index is 0.111. The van der Waals surface area contributed by atoms with Crippen molar-refractivity contribution in [2.75, 3.05) is 39.8 Å². The van der Waals surface area contributed by atoms with Crippen LogP contribution in [0.15, 0.2) is 11.8 Å². The fraction of sp³-hybridized carbons (Fsp3) is 0.885. The van der Waals surface area contributed by atoms with Crippen molar-refractivity contribution in [2.45, 2.75) is 106 Å². The molecule has 0 unspecified atom stereocenters. The maximum absolute atomic E-state index is 12.6. The number of ether oxygens (including phenoxy) is 4. The van der Waals surface area contributed by atoms with Gasteiger partial charge in [0.1, 0.15) is 35.8 Å². The van der Waals surface area contributed by atoms with E-state index in [1.54, 1.807) is 14.0 Å². The number of aliphatic hydroxyl groups is 3. The fourth-order valence-electron chi connectivity index (χ4n) is 5.48. The fourth-order valence-corrected chi connectivity index (χ4v) is 5.48. The number of amides is 1. The van der Waals surface area contributed by atoms with Crippen molar-refractivity contribution in [3.05, 3.63) is 11.8 Å². The zero-order chi connectivity index (χ0) is 29.3. The Labute approximate surface area is 236 Å². The van der Waals surface area contributed by atoms with Gasteiger partial charge in [-0.15, -0.1) is 0 Å².